The van der Waals surface area contributed by atoms with E-state index in [9.17, 15) is 14.9 Å². The molecule has 0 aliphatic rings. The molecular weight excluding hydrogens is 294 g/mol. The number of amides is 1. The van der Waals surface area contributed by atoms with Crippen LogP contribution in [0, 0.1) is 16.0 Å². The highest BCUT2D eigenvalue weighted by Crippen LogP contribution is 2.27. The molecule has 0 aliphatic carbocycles. The number of nitrogens with zero attached hydrogens (tertiary/aromatic N) is 2. The summed E-state index contributed by atoms with van der Waals surface area (Å²) in [6, 6.07) is 4.15. The molecule has 116 valence electrons. The van der Waals surface area contributed by atoms with Gasteiger partial charge in [0.2, 0.25) is 0 Å². The fourth-order valence-electron chi connectivity index (χ4n) is 1.90. The Morgan fingerprint density at radius 1 is 1.43 bits per heavy atom. The Balaban J connectivity index is 2.98. The lowest BCUT2D eigenvalue weighted by molar-refractivity contribution is -0.384. The second kappa shape index (κ2) is 7.38. The first-order valence-corrected chi connectivity index (χ1v) is 7.00. The molecule has 1 aromatic rings. The van der Waals surface area contributed by atoms with Gasteiger partial charge in [-0.05, 0) is 26.1 Å². The number of benzene rings is 1. The van der Waals surface area contributed by atoms with E-state index in [2.05, 4.69) is 5.32 Å². The zero-order chi connectivity index (χ0) is 16.2. The van der Waals surface area contributed by atoms with Crippen molar-refractivity contribution in [3.05, 3.63) is 38.9 Å². The molecule has 1 aromatic carbocycles. The fraction of sp³-hybridized carbons (Fsp3) is 0.500. The van der Waals surface area contributed by atoms with E-state index in [1.807, 2.05) is 32.8 Å². The van der Waals surface area contributed by atoms with Crippen molar-refractivity contribution in [3.8, 4) is 0 Å². The van der Waals surface area contributed by atoms with Gasteiger partial charge in [-0.3, -0.25) is 14.9 Å². The van der Waals surface area contributed by atoms with Crippen molar-refractivity contribution in [2.75, 3.05) is 20.6 Å². The maximum Gasteiger partial charge on any atom is 0.288 e. The number of halogens is 1. The summed E-state index contributed by atoms with van der Waals surface area (Å²) in [6.45, 7) is 4.68. The highest BCUT2D eigenvalue weighted by Gasteiger charge is 2.23. The standard InChI is InChI=1S/C14H20ClN3O3/c1-9(2)11(8-17(3)4)16-14(19)10-6-5-7-12(13(10)15)18(20)21/h5-7,9,11H,8H2,1-4H3,(H,16,19). The maximum absolute atomic E-state index is 12.3. The molecule has 0 saturated heterocycles. The van der Waals surface area contributed by atoms with Gasteiger partial charge in [-0.2, -0.15) is 0 Å². The van der Waals surface area contributed by atoms with Gasteiger partial charge in [-0.25, -0.2) is 0 Å². The average Bonchev–Trinajstić information content (AvgIpc) is 2.36. The van der Waals surface area contributed by atoms with Crippen molar-refractivity contribution in [1.29, 1.82) is 0 Å². The molecule has 0 saturated carbocycles. The molecule has 1 rings (SSSR count). The van der Waals surface area contributed by atoms with Crippen LogP contribution in [0.3, 0.4) is 0 Å². The lowest BCUT2D eigenvalue weighted by Gasteiger charge is -2.25. The fourth-order valence-corrected chi connectivity index (χ4v) is 2.18. The predicted octanol–water partition coefficient (Wildman–Crippen LogP) is 2.56. The summed E-state index contributed by atoms with van der Waals surface area (Å²) in [5, 5.41) is 13.6. The largest absolute Gasteiger partial charge is 0.348 e. The molecular formula is C14H20ClN3O3. The van der Waals surface area contributed by atoms with Crippen molar-refractivity contribution < 1.29 is 9.72 Å². The van der Waals surface area contributed by atoms with Crippen molar-refractivity contribution in [3.63, 3.8) is 0 Å². The normalized spacial score (nSPS) is 12.5. The first-order valence-electron chi connectivity index (χ1n) is 6.62. The number of nitro groups is 1. The van der Waals surface area contributed by atoms with Crippen LogP contribution in [0.5, 0.6) is 0 Å². The first-order chi connectivity index (χ1) is 9.73. The minimum Gasteiger partial charge on any atom is -0.348 e. The van der Waals surface area contributed by atoms with E-state index in [-0.39, 0.29) is 28.2 Å². The van der Waals surface area contributed by atoms with E-state index in [0.717, 1.165) is 0 Å². The quantitative estimate of drug-likeness (QED) is 0.647. The summed E-state index contributed by atoms with van der Waals surface area (Å²) >= 11 is 5.95. The maximum atomic E-state index is 12.3. The third-order valence-electron chi connectivity index (χ3n) is 3.10. The second-order valence-corrected chi connectivity index (χ2v) is 5.86. The first kappa shape index (κ1) is 17.4. The Hall–Kier alpha value is -1.66. The number of nitro benzene ring substituents is 1. The van der Waals surface area contributed by atoms with Crippen LogP contribution in [0.2, 0.25) is 5.02 Å². The molecule has 6 nitrogen and oxygen atoms in total. The number of hydrogen-bond acceptors (Lipinski definition) is 4. The molecule has 0 fully saturated rings. The zero-order valence-corrected chi connectivity index (χ0v) is 13.3. The highest BCUT2D eigenvalue weighted by molar-refractivity contribution is 6.35. The summed E-state index contributed by atoms with van der Waals surface area (Å²) in [7, 11) is 3.84. The topological polar surface area (TPSA) is 75.5 Å². The lowest BCUT2D eigenvalue weighted by Crippen LogP contribution is -2.45. The van der Waals surface area contributed by atoms with Gasteiger partial charge in [-0.1, -0.05) is 31.5 Å². The van der Waals surface area contributed by atoms with Crippen molar-refractivity contribution in [1.82, 2.24) is 10.2 Å². The Morgan fingerprint density at radius 2 is 2.05 bits per heavy atom. The lowest BCUT2D eigenvalue weighted by atomic mass is 10.0. The molecule has 0 aromatic heterocycles. The van der Waals surface area contributed by atoms with Crippen molar-refractivity contribution >= 4 is 23.2 Å². The molecule has 1 N–H and O–H groups in total. The zero-order valence-electron chi connectivity index (χ0n) is 12.6. The van der Waals surface area contributed by atoms with E-state index in [1.54, 1.807) is 0 Å². The molecule has 0 radical (unpaired) electrons. The van der Waals surface area contributed by atoms with E-state index < -0.39 is 10.8 Å². The number of rotatable bonds is 6. The van der Waals surface area contributed by atoms with Crippen LogP contribution in [0.4, 0.5) is 5.69 Å². The third kappa shape index (κ3) is 4.68. The summed E-state index contributed by atoms with van der Waals surface area (Å²) in [4.78, 5) is 24.5. The van der Waals surface area contributed by atoms with Gasteiger partial charge in [-0.15, -0.1) is 0 Å². The van der Waals surface area contributed by atoms with E-state index in [4.69, 9.17) is 11.6 Å². The molecule has 7 heteroatoms. The molecule has 1 amide bonds. The van der Waals surface area contributed by atoms with Crippen LogP contribution in [-0.2, 0) is 0 Å². The van der Waals surface area contributed by atoms with Crippen molar-refractivity contribution in [2.24, 2.45) is 5.92 Å². The molecule has 0 heterocycles. The molecule has 1 atom stereocenters. The van der Waals surface area contributed by atoms with Gasteiger partial charge in [0.25, 0.3) is 11.6 Å². The second-order valence-electron chi connectivity index (χ2n) is 5.48. The number of carbonyl (C=O) groups excluding carboxylic acids is 1. The van der Waals surface area contributed by atoms with Gasteiger partial charge in [0, 0.05) is 18.7 Å². The number of likely N-dealkylation sites (N-methyl/N-ethyl adjacent to an activating group) is 1. The van der Waals surface area contributed by atoms with Gasteiger partial charge < -0.3 is 10.2 Å². The van der Waals surface area contributed by atoms with Crippen LogP contribution in [0.15, 0.2) is 18.2 Å². The summed E-state index contributed by atoms with van der Waals surface area (Å²) in [5.41, 5.74) is -0.145. The highest BCUT2D eigenvalue weighted by atomic mass is 35.5. The van der Waals surface area contributed by atoms with E-state index in [1.165, 1.54) is 18.2 Å². The van der Waals surface area contributed by atoms with Crippen LogP contribution in [-0.4, -0.2) is 42.4 Å². The molecule has 0 aliphatic heterocycles. The average molecular weight is 314 g/mol. The molecule has 1 unspecified atom stereocenters. The summed E-state index contributed by atoms with van der Waals surface area (Å²) in [6.07, 6.45) is 0. The monoisotopic (exact) mass is 313 g/mol. The number of nitrogens with one attached hydrogen (secondary N) is 1. The minimum absolute atomic E-state index is 0.0668. The predicted molar refractivity (Wildman–Crippen MR) is 82.8 cm³/mol. The van der Waals surface area contributed by atoms with Gasteiger partial charge in [0.05, 0.1) is 10.5 Å². The summed E-state index contributed by atoms with van der Waals surface area (Å²) < 4.78 is 0. The van der Waals surface area contributed by atoms with E-state index in [0.29, 0.717) is 6.54 Å². The van der Waals surface area contributed by atoms with E-state index >= 15 is 0 Å². The van der Waals surface area contributed by atoms with Gasteiger partial charge >= 0.3 is 0 Å². The SMILES string of the molecule is CC(C)C(CN(C)C)NC(=O)c1cccc([N+](=O)[O-])c1Cl. The van der Waals surface area contributed by atoms with Gasteiger partial charge in [0.15, 0.2) is 0 Å². The Labute approximate surface area is 129 Å². The van der Waals surface area contributed by atoms with Crippen LogP contribution in [0.1, 0.15) is 24.2 Å². The Kier molecular flexibility index (Phi) is 6.11. The Bertz CT molecular complexity index is 532. The smallest absolute Gasteiger partial charge is 0.288 e. The van der Waals surface area contributed by atoms with Gasteiger partial charge in [0.1, 0.15) is 5.02 Å². The molecule has 21 heavy (non-hydrogen) atoms. The number of hydrogen-bond donors (Lipinski definition) is 1. The third-order valence-corrected chi connectivity index (χ3v) is 3.50. The van der Waals surface area contributed by atoms with Crippen LogP contribution < -0.4 is 5.32 Å². The minimum atomic E-state index is -0.598. The van der Waals surface area contributed by atoms with Crippen LogP contribution >= 0.6 is 11.6 Å². The Morgan fingerprint density at radius 3 is 2.52 bits per heavy atom. The van der Waals surface area contributed by atoms with Crippen LogP contribution in [0.25, 0.3) is 0 Å². The number of carbonyl (C=O) groups is 1. The molecule has 0 spiro atoms. The summed E-state index contributed by atoms with van der Waals surface area (Å²) in [5.74, 6) is -0.168. The molecule has 0 bridgehead atoms. The van der Waals surface area contributed by atoms with Crippen molar-refractivity contribution in [2.45, 2.75) is 19.9 Å².